The highest BCUT2D eigenvalue weighted by Gasteiger charge is 2.01. The fourth-order valence-corrected chi connectivity index (χ4v) is 0.475. The van der Waals surface area contributed by atoms with Gasteiger partial charge in [-0.25, -0.2) is 0 Å². The first-order chi connectivity index (χ1) is 4.74. The van der Waals surface area contributed by atoms with Gasteiger partial charge in [-0.05, 0) is 6.08 Å². The van der Waals surface area contributed by atoms with Crippen LogP contribution in [0.15, 0.2) is 17.8 Å². The summed E-state index contributed by atoms with van der Waals surface area (Å²) in [6.07, 6.45) is 2.01. The van der Waals surface area contributed by atoms with Gasteiger partial charge in [0.25, 0.3) is 0 Å². The SMILES string of the molecule is C=CC(CC(=O)CC)=NO. The number of ketones is 1. The van der Waals surface area contributed by atoms with Gasteiger partial charge in [-0.15, -0.1) is 0 Å². The molecule has 0 aliphatic rings. The predicted octanol–water partition coefficient (Wildman–Crippen LogP) is 1.37. The molecule has 0 aromatic heterocycles. The Morgan fingerprint density at radius 3 is 2.70 bits per heavy atom. The monoisotopic (exact) mass is 141 g/mol. The maximum atomic E-state index is 10.7. The first-order valence-corrected chi connectivity index (χ1v) is 3.09. The van der Waals surface area contributed by atoms with E-state index in [9.17, 15) is 4.79 Å². The van der Waals surface area contributed by atoms with Crippen molar-refractivity contribution in [3.8, 4) is 0 Å². The molecule has 3 heteroatoms. The molecule has 0 saturated carbocycles. The molecule has 0 fully saturated rings. The number of Topliss-reactive ketones (excluding diaryl/α,β-unsaturated/α-hetero) is 1. The summed E-state index contributed by atoms with van der Waals surface area (Å²) < 4.78 is 0. The van der Waals surface area contributed by atoms with Crippen molar-refractivity contribution in [2.24, 2.45) is 5.16 Å². The average Bonchev–Trinajstić information content (AvgIpc) is 1.99. The molecule has 0 radical (unpaired) electrons. The van der Waals surface area contributed by atoms with Crippen LogP contribution in [0.25, 0.3) is 0 Å². The Bertz CT molecular complexity index is 161. The van der Waals surface area contributed by atoms with Gasteiger partial charge in [-0.1, -0.05) is 18.7 Å². The van der Waals surface area contributed by atoms with Gasteiger partial charge in [0, 0.05) is 6.42 Å². The van der Waals surface area contributed by atoms with E-state index in [0.29, 0.717) is 12.1 Å². The maximum absolute atomic E-state index is 10.7. The molecule has 0 aliphatic carbocycles. The van der Waals surface area contributed by atoms with E-state index in [-0.39, 0.29) is 12.2 Å². The molecule has 1 N–H and O–H groups in total. The zero-order chi connectivity index (χ0) is 7.98. The zero-order valence-electron chi connectivity index (χ0n) is 6.00. The molecule has 0 aliphatic heterocycles. The third-order valence-corrected chi connectivity index (χ3v) is 1.14. The summed E-state index contributed by atoms with van der Waals surface area (Å²) in [6.45, 7) is 5.14. The van der Waals surface area contributed by atoms with E-state index in [1.807, 2.05) is 0 Å². The molecular formula is C7H11NO2. The summed E-state index contributed by atoms with van der Waals surface area (Å²) in [5.41, 5.74) is 0.326. The van der Waals surface area contributed by atoms with Crippen LogP contribution in [0.4, 0.5) is 0 Å². The van der Waals surface area contributed by atoms with Gasteiger partial charge in [0.15, 0.2) is 0 Å². The molecular weight excluding hydrogens is 130 g/mol. The summed E-state index contributed by atoms with van der Waals surface area (Å²) in [5.74, 6) is 0.0488. The molecule has 0 aromatic carbocycles. The van der Waals surface area contributed by atoms with E-state index >= 15 is 0 Å². The first kappa shape index (κ1) is 8.88. The normalized spacial score (nSPS) is 11.1. The quantitative estimate of drug-likeness (QED) is 0.365. The topological polar surface area (TPSA) is 49.7 Å². The lowest BCUT2D eigenvalue weighted by atomic mass is 10.1. The number of carbonyl (C=O) groups excluding carboxylic acids is 1. The Morgan fingerprint density at radius 2 is 2.40 bits per heavy atom. The molecule has 0 atom stereocenters. The second kappa shape index (κ2) is 4.73. The van der Waals surface area contributed by atoms with Crippen LogP contribution >= 0.6 is 0 Å². The van der Waals surface area contributed by atoms with Crippen molar-refractivity contribution in [1.82, 2.24) is 0 Å². The highest BCUT2D eigenvalue weighted by Crippen LogP contribution is 1.92. The van der Waals surface area contributed by atoms with Crippen LogP contribution in [0.1, 0.15) is 19.8 Å². The van der Waals surface area contributed by atoms with Gasteiger partial charge in [0.1, 0.15) is 5.78 Å². The Morgan fingerprint density at radius 1 is 1.80 bits per heavy atom. The number of rotatable bonds is 4. The molecule has 0 spiro atoms. The Hall–Kier alpha value is -1.12. The molecule has 0 aromatic rings. The average molecular weight is 141 g/mol. The van der Waals surface area contributed by atoms with Crippen LogP contribution in [-0.4, -0.2) is 16.7 Å². The van der Waals surface area contributed by atoms with Crippen molar-refractivity contribution < 1.29 is 10.0 Å². The van der Waals surface area contributed by atoms with Crippen LogP contribution in [0.2, 0.25) is 0 Å². The lowest BCUT2D eigenvalue weighted by Gasteiger charge is -1.93. The second-order valence-electron chi connectivity index (χ2n) is 1.86. The second-order valence-corrected chi connectivity index (χ2v) is 1.86. The van der Waals surface area contributed by atoms with Crippen LogP contribution < -0.4 is 0 Å². The fraction of sp³-hybridized carbons (Fsp3) is 0.429. The minimum atomic E-state index is 0.0488. The minimum absolute atomic E-state index is 0.0488. The van der Waals surface area contributed by atoms with Gasteiger partial charge in [-0.2, -0.15) is 0 Å². The third-order valence-electron chi connectivity index (χ3n) is 1.14. The molecule has 0 heterocycles. The summed E-state index contributed by atoms with van der Waals surface area (Å²) >= 11 is 0. The standard InChI is InChI=1S/C7H11NO2/c1-3-6(8-10)5-7(9)4-2/h3,10H,1,4-5H2,2H3. The Balaban J connectivity index is 3.87. The lowest BCUT2D eigenvalue weighted by molar-refractivity contribution is -0.117. The van der Waals surface area contributed by atoms with Crippen LogP contribution in [0.3, 0.4) is 0 Å². The molecule has 3 nitrogen and oxygen atoms in total. The van der Waals surface area contributed by atoms with Crippen LogP contribution in [0.5, 0.6) is 0 Å². The van der Waals surface area contributed by atoms with Gasteiger partial charge in [-0.3, -0.25) is 4.79 Å². The molecule has 0 bridgehead atoms. The van der Waals surface area contributed by atoms with Gasteiger partial charge in [0.05, 0.1) is 12.1 Å². The highest BCUT2D eigenvalue weighted by molar-refractivity contribution is 6.07. The molecule has 0 saturated heterocycles. The maximum Gasteiger partial charge on any atom is 0.138 e. The Labute approximate surface area is 60.0 Å². The van der Waals surface area contributed by atoms with E-state index in [0.717, 1.165) is 0 Å². The van der Waals surface area contributed by atoms with E-state index in [1.165, 1.54) is 6.08 Å². The summed E-state index contributed by atoms with van der Waals surface area (Å²) in [6, 6.07) is 0. The van der Waals surface area contributed by atoms with Crippen LogP contribution in [-0.2, 0) is 4.79 Å². The van der Waals surface area contributed by atoms with E-state index < -0.39 is 0 Å². The predicted molar refractivity (Wildman–Crippen MR) is 39.3 cm³/mol. The number of hydrogen-bond acceptors (Lipinski definition) is 3. The zero-order valence-corrected chi connectivity index (χ0v) is 6.00. The van der Waals surface area contributed by atoms with Crippen molar-refractivity contribution in [1.29, 1.82) is 0 Å². The van der Waals surface area contributed by atoms with Gasteiger partial charge < -0.3 is 5.21 Å². The number of oxime groups is 1. The highest BCUT2D eigenvalue weighted by atomic mass is 16.4. The minimum Gasteiger partial charge on any atom is -0.411 e. The van der Waals surface area contributed by atoms with E-state index in [1.54, 1.807) is 6.92 Å². The van der Waals surface area contributed by atoms with Crippen molar-refractivity contribution in [2.45, 2.75) is 19.8 Å². The van der Waals surface area contributed by atoms with E-state index in [4.69, 9.17) is 5.21 Å². The third kappa shape index (κ3) is 3.02. The van der Waals surface area contributed by atoms with Crippen molar-refractivity contribution in [2.75, 3.05) is 0 Å². The van der Waals surface area contributed by atoms with Crippen molar-refractivity contribution in [3.05, 3.63) is 12.7 Å². The van der Waals surface area contributed by atoms with Crippen molar-refractivity contribution in [3.63, 3.8) is 0 Å². The van der Waals surface area contributed by atoms with Gasteiger partial charge >= 0.3 is 0 Å². The number of carbonyl (C=O) groups is 1. The molecule has 10 heavy (non-hydrogen) atoms. The van der Waals surface area contributed by atoms with Gasteiger partial charge in [0.2, 0.25) is 0 Å². The molecule has 0 unspecified atom stereocenters. The molecule has 0 rings (SSSR count). The summed E-state index contributed by atoms with van der Waals surface area (Å²) in [4.78, 5) is 10.7. The molecule has 56 valence electrons. The summed E-state index contributed by atoms with van der Waals surface area (Å²) in [7, 11) is 0. The first-order valence-electron chi connectivity index (χ1n) is 3.09. The number of hydrogen-bond donors (Lipinski definition) is 1. The van der Waals surface area contributed by atoms with Crippen molar-refractivity contribution >= 4 is 11.5 Å². The number of nitrogens with zero attached hydrogens (tertiary/aromatic N) is 1. The summed E-state index contributed by atoms with van der Waals surface area (Å²) in [5, 5.41) is 11.1. The van der Waals surface area contributed by atoms with E-state index in [2.05, 4.69) is 11.7 Å². The fourth-order valence-electron chi connectivity index (χ4n) is 0.475. The Kier molecular flexibility index (Phi) is 4.20. The largest absolute Gasteiger partial charge is 0.411 e. The van der Waals surface area contributed by atoms with Crippen LogP contribution in [0, 0.1) is 0 Å². The molecule has 0 amide bonds. The lowest BCUT2D eigenvalue weighted by Crippen LogP contribution is -2.03. The smallest absolute Gasteiger partial charge is 0.138 e. The number of allylic oxidation sites excluding steroid dienone is 1.